The molecule has 2 unspecified atom stereocenters. The number of hydrogen-bond donors (Lipinski definition) is 2. The molecule has 0 bridgehead atoms. The van der Waals surface area contributed by atoms with Crippen molar-refractivity contribution in [1.82, 2.24) is 25.7 Å². The molecule has 0 radical (unpaired) electrons. The van der Waals surface area contributed by atoms with Crippen molar-refractivity contribution in [3.8, 4) is 6.07 Å². The van der Waals surface area contributed by atoms with Gasteiger partial charge >= 0.3 is 12.1 Å². The normalized spacial score (nSPS) is 24.8. The lowest BCUT2D eigenvalue weighted by atomic mass is 9.85. The SMILES string of the molecule is CC(C)(C)C(NC(=O)C(F)(F)F)C(=O)N1C[C@H]2[C@@H]([C@H]1C(=O)NC(C#N)c1nncc3ccccc13)C21CC1. The minimum absolute atomic E-state index is 0.0351. The van der Waals surface area contributed by atoms with Crippen LogP contribution in [0.4, 0.5) is 13.2 Å². The van der Waals surface area contributed by atoms with Gasteiger partial charge in [0.1, 0.15) is 17.8 Å². The first-order valence-corrected chi connectivity index (χ1v) is 12.4. The maximum Gasteiger partial charge on any atom is 0.471 e. The quantitative estimate of drug-likeness (QED) is 0.614. The van der Waals surface area contributed by atoms with Gasteiger partial charge in [-0.25, -0.2) is 0 Å². The molecule has 2 heterocycles. The van der Waals surface area contributed by atoms with Crippen LogP contribution in [0.1, 0.15) is 45.3 Å². The van der Waals surface area contributed by atoms with E-state index < -0.39 is 47.4 Å². The highest BCUT2D eigenvalue weighted by Gasteiger charge is 2.79. The van der Waals surface area contributed by atoms with E-state index in [-0.39, 0.29) is 29.5 Å². The third-order valence-electron chi connectivity index (χ3n) is 8.11. The molecule has 9 nitrogen and oxygen atoms in total. The van der Waals surface area contributed by atoms with Crippen LogP contribution >= 0.6 is 0 Å². The monoisotopic (exact) mass is 528 g/mol. The molecule has 2 aliphatic carbocycles. The van der Waals surface area contributed by atoms with Gasteiger partial charge in [-0.15, -0.1) is 0 Å². The number of halogens is 3. The van der Waals surface area contributed by atoms with Gasteiger partial charge in [-0.3, -0.25) is 14.4 Å². The minimum atomic E-state index is -5.16. The molecule has 5 rings (SSSR count). The summed E-state index contributed by atoms with van der Waals surface area (Å²) < 4.78 is 39.1. The van der Waals surface area contributed by atoms with Crippen LogP contribution in [0.15, 0.2) is 30.5 Å². The Morgan fingerprint density at radius 1 is 1.16 bits per heavy atom. The largest absolute Gasteiger partial charge is 0.471 e. The lowest BCUT2D eigenvalue weighted by Crippen LogP contribution is -2.60. The van der Waals surface area contributed by atoms with Crippen molar-refractivity contribution >= 4 is 28.5 Å². The standard InChI is InChI=1S/C26H27F3N6O3/c1-24(2,3)20(33-23(38)26(27,28)29)22(37)35-12-15-17(25(15)8-9-25)19(35)21(36)32-16(10-30)18-14-7-5-4-6-13(14)11-31-34-18/h4-7,11,15-17,19-20H,8-9,12H2,1-3H3,(H,32,36)(H,33,38)/t15-,16?,17-,19-,20?/m0/s1. The van der Waals surface area contributed by atoms with Crippen molar-refractivity contribution in [3.05, 3.63) is 36.2 Å². The molecule has 3 fully saturated rings. The van der Waals surface area contributed by atoms with Crippen LogP contribution in [0.5, 0.6) is 0 Å². The molecule has 1 spiro atoms. The highest BCUT2D eigenvalue weighted by Crippen LogP contribution is 2.78. The van der Waals surface area contributed by atoms with E-state index in [2.05, 4.69) is 15.5 Å². The first kappa shape index (κ1) is 25.9. The molecular formula is C26H27F3N6O3. The zero-order chi connectivity index (χ0) is 27.6. The summed E-state index contributed by atoms with van der Waals surface area (Å²) >= 11 is 0. The molecule has 1 aromatic heterocycles. The zero-order valence-corrected chi connectivity index (χ0v) is 21.0. The Kier molecular flexibility index (Phi) is 5.89. The molecular weight excluding hydrogens is 501 g/mol. The number of benzene rings is 1. The van der Waals surface area contributed by atoms with Gasteiger partial charge in [-0.05, 0) is 35.5 Å². The van der Waals surface area contributed by atoms with E-state index in [9.17, 15) is 32.8 Å². The molecule has 12 heteroatoms. The lowest BCUT2D eigenvalue weighted by Gasteiger charge is -2.37. The Bertz CT molecular complexity index is 1360. The van der Waals surface area contributed by atoms with Gasteiger partial charge in [0.05, 0.1) is 12.3 Å². The van der Waals surface area contributed by atoms with Gasteiger partial charge in [0.25, 0.3) is 0 Å². The molecule has 1 aromatic carbocycles. The first-order chi connectivity index (χ1) is 17.8. The number of nitriles is 1. The van der Waals surface area contributed by atoms with E-state index in [4.69, 9.17) is 0 Å². The molecule has 2 saturated carbocycles. The second kappa shape index (κ2) is 8.64. The number of amides is 3. The van der Waals surface area contributed by atoms with Gasteiger partial charge in [0.15, 0.2) is 6.04 Å². The molecule has 1 aliphatic heterocycles. The number of carbonyl (C=O) groups is 3. The highest BCUT2D eigenvalue weighted by molar-refractivity contribution is 5.95. The summed E-state index contributed by atoms with van der Waals surface area (Å²) in [5.74, 6) is -3.64. The third kappa shape index (κ3) is 4.23. The molecule has 2 N–H and O–H groups in total. The summed E-state index contributed by atoms with van der Waals surface area (Å²) in [5, 5.41) is 23.8. The van der Waals surface area contributed by atoms with Crippen LogP contribution in [-0.2, 0) is 14.4 Å². The number of likely N-dealkylation sites (tertiary alicyclic amines) is 1. The molecule has 3 aliphatic rings. The van der Waals surface area contributed by atoms with E-state index in [1.807, 2.05) is 11.4 Å². The fourth-order valence-corrected chi connectivity index (χ4v) is 6.02. The lowest BCUT2D eigenvalue weighted by molar-refractivity contribution is -0.176. The fraction of sp³-hybridized carbons (Fsp3) is 0.538. The van der Waals surface area contributed by atoms with Crippen LogP contribution in [0.2, 0.25) is 0 Å². The summed E-state index contributed by atoms with van der Waals surface area (Å²) in [4.78, 5) is 40.4. The second-order valence-electron chi connectivity index (χ2n) is 11.5. The van der Waals surface area contributed by atoms with Crippen LogP contribution in [0.3, 0.4) is 0 Å². The Morgan fingerprint density at radius 3 is 2.45 bits per heavy atom. The number of nitrogens with zero attached hydrogens (tertiary/aromatic N) is 4. The number of fused-ring (bicyclic) bond motifs is 4. The molecule has 200 valence electrons. The van der Waals surface area contributed by atoms with Crippen molar-refractivity contribution in [2.75, 3.05) is 6.54 Å². The second-order valence-corrected chi connectivity index (χ2v) is 11.5. The Morgan fingerprint density at radius 2 is 1.84 bits per heavy atom. The summed E-state index contributed by atoms with van der Waals surface area (Å²) in [6.45, 7) is 4.85. The number of aromatic nitrogens is 2. The summed E-state index contributed by atoms with van der Waals surface area (Å²) in [7, 11) is 0. The smallest absolute Gasteiger partial charge is 0.336 e. The minimum Gasteiger partial charge on any atom is -0.336 e. The van der Waals surface area contributed by atoms with Gasteiger partial charge in [-0.1, -0.05) is 45.0 Å². The van der Waals surface area contributed by atoms with Gasteiger partial charge in [-0.2, -0.15) is 28.6 Å². The van der Waals surface area contributed by atoms with Gasteiger partial charge < -0.3 is 15.5 Å². The summed E-state index contributed by atoms with van der Waals surface area (Å²) in [6, 6.07) is 5.55. The Balaban J connectivity index is 1.42. The maximum atomic E-state index is 13.7. The number of hydrogen-bond acceptors (Lipinski definition) is 6. The van der Waals surface area contributed by atoms with Crippen molar-refractivity contribution in [2.24, 2.45) is 22.7 Å². The average molecular weight is 529 g/mol. The van der Waals surface area contributed by atoms with Crippen LogP contribution < -0.4 is 10.6 Å². The van der Waals surface area contributed by atoms with E-state index in [0.29, 0.717) is 5.39 Å². The predicted molar refractivity (Wildman–Crippen MR) is 128 cm³/mol. The van der Waals surface area contributed by atoms with Crippen molar-refractivity contribution in [3.63, 3.8) is 0 Å². The van der Waals surface area contributed by atoms with Crippen molar-refractivity contribution < 1.29 is 27.6 Å². The average Bonchev–Trinajstić information content (AvgIpc) is 3.71. The topological polar surface area (TPSA) is 128 Å². The third-order valence-corrected chi connectivity index (χ3v) is 8.11. The Labute approximate surface area is 216 Å². The number of nitrogens with one attached hydrogen (secondary N) is 2. The van der Waals surface area contributed by atoms with Crippen LogP contribution in [0, 0.1) is 34.0 Å². The first-order valence-electron chi connectivity index (χ1n) is 12.4. The molecule has 38 heavy (non-hydrogen) atoms. The zero-order valence-electron chi connectivity index (χ0n) is 21.0. The van der Waals surface area contributed by atoms with Crippen molar-refractivity contribution in [1.29, 1.82) is 5.26 Å². The van der Waals surface area contributed by atoms with Crippen LogP contribution in [-0.4, -0.2) is 57.6 Å². The molecule has 3 amide bonds. The summed E-state index contributed by atoms with van der Waals surface area (Å²) in [6.07, 6.45) is -1.79. The van der Waals surface area contributed by atoms with E-state index in [1.54, 1.807) is 51.2 Å². The summed E-state index contributed by atoms with van der Waals surface area (Å²) in [5.41, 5.74) is -0.836. The van der Waals surface area contributed by atoms with Crippen LogP contribution in [0.25, 0.3) is 10.8 Å². The number of rotatable bonds is 5. The van der Waals surface area contributed by atoms with Gasteiger partial charge in [0, 0.05) is 17.3 Å². The Hall–Kier alpha value is -3.75. The maximum absolute atomic E-state index is 13.7. The number of alkyl halides is 3. The van der Waals surface area contributed by atoms with E-state index in [1.165, 1.54) is 4.90 Å². The van der Waals surface area contributed by atoms with Gasteiger partial charge in [0.2, 0.25) is 11.8 Å². The van der Waals surface area contributed by atoms with E-state index in [0.717, 1.165) is 18.2 Å². The number of carbonyl (C=O) groups excluding carboxylic acids is 3. The molecule has 5 atom stereocenters. The highest BCUT2D eigenvalue weighted by atomic mass is 19.4. The molecule has 2 aromatic rings. The number of piperidine rings is 1. The molecule has 1 saturated heterocycles. The van der Waals surface area contributed by atoms with E-state index >= 15 is 0 Å². The van der Waals surface area contributed by atoms with Crippen molar-refractivity contribution in [2.45, 2.75) is 57.9 Å². The predicted octanol–water partition coefficient (Wildman–Crippen LogP) is 2.64. The fourth-order valence-electron chi connectivity index (χ4n) is 6.02.